The highest BCUT2D eigenvalue weighted by Crippen LogP contribution is 2.27. The minimum absolute atomic E-state index is 0.0574. The monoisotopic (exact) mass is 505 g/mol. The molecular weight excluding hydrogens is 485 g/mol. The van der Waals surface area contributed by atoms with Crippen LogP contribution in [0.25, 0.3) is 0 Å². The van der Waals surface area contributed by atoms with Crippen molar-refractivity contribution >= 4 is 62.3 Å². The molecule has 1 N–H and O–H groups in total. The number of anilines is 1. The standard InChI is InChI=1S/C20H22Cl3N3O4S/c1-13(20(28)24-2)25(11-14-5-4-6-15(21)7-14)19(27)12-26(31(3,29)30)18-9-16(22)8-17(23)10-18/h4-10,13H,11-12H2,1-3H3,(H,24,28). The largest absolute Gasteiger partial charge is 0.357 e. The van der Waals surface area contributed by atoms with E-state index in [1.165, 1.54) is 30.1 Å². The van der Waals surface area contributed by atoms with E-state index in [1.54, 1.807) is 31.2 Å². The van der Waals surface area contributed by atoms with Gasteiger partial charge in [-0.2, -0.15) is 0 Å². The summed E-state index contributed by atoms with van der Waals surface area (Å²) >= 11 is 18.1. The summed E-state index contributed by atoms with van der Waals surface area (Å²) in [5.74, 6) is -0.982. The third kappa shape index (κ3) is 7.00. The number of likely N-dealkylation sites (N-methyl/N-ethyl adjacent to an activating group) is 1. The van der Waals surface area contributed by atoms with Crippen LogP contribution in [-0.2, 0) is 26.2 Å². The van der Waals surface area contributed by atoms with Gasteiger partial charge in [-0.3, -0.25) is 13.9 Å². The van der Waals surface area contributed by atoms with Crippen LogP contribution >= 0.6 is 34.8 Å². The van der Waals surface area contributed by atoms with Crippen LogP contribution in [0, 0.1) is 0 Å². The van der Waals surface area contributed by atoms with Crippen LogP contribution in [0.2, 0.25) is 15.1 Å². The number of carbonyl (C=O) groups is 2. The molecule has 0 saturated carbocycles. The highest BCUT2D eigenvalue weighted by molar-refractivity contribution is 7.92. The number of amides is 2. The molecule has 0 heterocycles. The molecule has 11 heteroatoms. The van der Waals surface area contributed by atoms with Crippen molar-refractivity contribution in [2.75, 3.05) is 24.2 Å². The summed E-state index contributed by atoms with van der Waals surface area (Å²) in [7, 11) is -2.41. The Bertz CT molecular complexity index is 1060. The van der Waals surface area contributed by atoms with Crippen molar-refractivity contribution in [3.8, 4) is 0 Å². The third-order valence-corrected chi connectivity index (χ3v) is 6.28. The van der Waals surface area contributed by atoms with Crippen LogP contribution in [0.1, 0.15) is 12.5 Å². The van der Waals surface area contributed by atoms with Gasteiger partial charge < -0.3 is 10.2 Å². The molecule has 0 bridgehead atoms. The molecule has 0 aliphatic carbocycles. The molecule has 0 radical (unpaired) electrons. The Morgan fingerprint density at radius 2 is 1.65 bits per heavy atom. The quantitative estimate of drug-likeness (QED) is 0.593. The fourth-order valence-corrected chi connectivity index (χ4v) is 4.48. The average Bonchev–Trinajstić information content (AvgIpc) is 2.67. The van der Waals surface area contributed by atoms with Crippen molar-refractivity contribution < 1.29 is 18.0 Å². The lowest BCUT2D eigenvalue weighted by Crippen LogP contribution is -2.50. The van der Waals surface area contributed by atoms with Gasteiger partial charge in [-0.25, -0.2) is 8.42 Å². The number of nitrogens with zero attached hydrogens (tertiary/aromatic N) is 2. The molecule has 7 nitrogen and oxygen atoms in total. The van der Waals surface area contributed by atoms with E-state index in [-0.39, 0.29) is 22.3 Å². The van der Waals surface area contributed by atoms with Crippen molar-refractivity contribution in [3.63, 3.8) is 0 Å². The Labute approximate surface area is 196 Å². The number of rotatable bonds is 8. The molecule has 1 unspecified atom stereocenters. The van der Waals surface area contributed by atoms with E-state index in [0.29, 0.717) is 10.6 Å². The van der Waals surface area contributed by atoms with E-state index >= 15 is 0 Å². The number of hydrogen-bond donors (Lipinski definition) is 1. The predicted octanol–water partition coefficient (Wildman–Crippen LogP) is 3.58. The Hall–Kier alpha value is -2.00. The predicted molar refractivity (Wildman–Crippen MR) is 124 cm³/mol. The van der Waals surface area contributed by atoms with Crippen LogP contribution in [0.3, 0.4) is 0 Å². The highest BCUT2D eigenvalue weighted by atomic mass is 35.5. The molecule has 2 amide bonds. The van der Waals surface area contributed by atoms with Gasteiger partial charge in [0.25, 0.3) is 0 Å². The van der Waals surface area contributed by atoms with E-state index in [1.807, 2.05) is 0 Å². The first-order valence-corrected chi connectivity index (χ1v) is 12.1. The number of halogens is 3. The van der Waals surface area contributed by atoms with Gasteiger partial charge in [0.1, 0.15) is 12.6 Å². The van der Waals surface area contributed by atoms with E-state index < -0.39 is 34.4 Å². The summed E-state index contributed by atoms with van der Waals surface area (Å²) in [6.07, 6.45) is 0.971. The maximum atomic E-state index is 13.2. The van der Waals surface area contributed by atoms with Gasteiger partial charge in [0.2, 0.25) is 21.8 Å². The molecule has 168 valence electrons. The zero-order chi connectivity index (χ0) is 23.3. The molecule has 0 aliphatic heterocycles. The number of carbonyl (C=O) groups excluding carboxylic acids is 2. The highest BCUT2D eigenvalue weighted by Gasteiger charge is 2.30. The van der Waals surface area contributed by atoms with E-state index in [2.05, 4.69) is 5.32 Å². The molecule has 0 aliphatic rings. The lowest BCUT2D eigenvalue weighted by Gasteiger charge is -2.31. The van der Waals surface area contributed by atoms with E-state index in [9.17, 15) is 18.0 Å². The van der Waals surface area contributed by atoms with Crippen molar-refractivity contribution in [2.24, 2.45) is 0 Å². The Morgan fingerprint density at radius 3 is 2.16 bits per heavy atom. The topological polar surface area (TPSA) is 86.8 Å². The molecule has 2 aromatic rings. The fourth-order valence-electron chi connectivity index (χ4n) is 2.92. The molecule has 0 fully saturated rings. The van der Waals surface area contributed by atoms with Crippen LogP contribution < -0.4 is 9.62 Å². The summed E-state index contributed by atoms with van der Waals surface area (Å²) in [5, 5.41) is 3.42. The lowest BCUT2D eigenvalue weighted by atomic mass is 10.1. The second kappa shape index (κ2) is 10.5. The summed E-state index contributed by atoms with van der Waals surface area (Å²) in [5.41, 5.74) is 0.831. The molecule has 0 saturated heterocycles. The van der Waals surface area contributed by atoms with Gasteiger partial charge in [-0.1, -0.05) is 46.9 Å². The third-order valence-electron chi connectivity index (χ3n) is 4.47. The Balaban J connectivity index is 2.42. The lowest BCUT2D eigenvalue weighted by molar-refractivity contribution is -0.139. The van der Waals surface area contributed by atoms with Gasteiger partial charge in [-0.05, 0) is 42.8 Å². The second-order valence-electron chi connectivity index (χ2n) is 6.84. The van der Waals surface area contributed by atoms with Crippen molar-refractivity contribution in [1.82, 2.24) is 10.2 Å². The molecule has 0 aromatic heterocycles. The number of sulfonamides is 1. The van der Waals surface area contributed by atoms with Gasteiger partial charge in [-0.15, -0.1) is 0 Å². The SMILES string of the molecule is CNC(=O)C(C)N(Cc1cccc(Cl)c1)C(=O)CN(c1cc(Cl)cc(Cl)c1)S(C)(=O)=O. The first kappa shape index (κ1) is 25.3. The molecule has 1 atom stereocenters. The first-order chi connectivity index (χ1) is 14.4. The zero-order valence-electron chi connectivity index (χ0n) is 17.1. The second-order valence-corrected chi connectivity index (χ2v) is 10.1. The summed E-state index contributed by atoms with van der Waals surface area (Å²) < 4.78 is 25.8. The van der Waals surface area contributed by atoms with E-state index in [0.717, 1.165) is 10.6 Å². The van der Waals surface area contributed by atoms with Crippen LogP contribution in [-0.4, -0.2) is 51.0 Å². The fraction of sp³-hybridized carbons (Fsp3) is 0.300. The minimum Gasteiger partial charge on any atom is -0.357 e. The molecular formula is C20H22Cl3N3O4S. The summed E-state index contributed by atoms with van der Waals surface area (Å²) in [6.45, 7) is 1.07. The minimum atomic E-state index is -3.86. The number of benzene rings is 2. The first-order valence-electron chi connectivity index (χ1n) is 9.11. The van der Waals surface area contributed by atoms with Gasteiger partial charge in [0.05, 0.1) is 11.9 Å². The summed E-state index contributed by atoms with van der Waals surface area (Å²) in [6, 6.07) is 10.2. The maximum Gasteiger partial charge on any atom is 0.244 e. The maximum absolute atomic E-state index is 13.2. The van der Waals surface area contributed by atoms with Gasteiger partial charge in [0, 0.05) is 28.7 Å². The van der Waals surface area contributed by atoms with E-state index in [4.69, 9.17) is 34.8 Å². The van der Waals surface area contributed by atoms with Crippen molar-refractivity contribution in [1.29, 1.82) is 0 Å². The Morgan fingerprint density at radius 1 is 1.03 bits per heavy atom. The van der Waals surface area contributed by atoms with Crippen LogP contribution in [0.15, 0.2) is 42.5 Å². The number of nitrogens with one attached hydrogen (secondary N) is 1. The molecule has 31 heavy (non-hydrogen) atoms. The molecule has 2 rings (SSSR count). The smallest absolute Gasteiger partial charge is 0.244 e. The molecule has 2 aromatic carbocycles. The van der Waals surface area contributed by atoms with Crippen molar-refractivity contribution in [3.05, 3.63) is 63.1 Å². The molecule has 0 spiro atoms. The average molecular weight is 507 g/mol. The van der Waals surface area contributed by atoms with Crippen LogP contribution in [0.4, 0.5) is 5.69 Å². The number of hydrogen-bond acceptors (Lipinski definition) is 4. The van der Waals surface area contributed by atoms with Gasteiger partial charge in [0.15, 0.2) is 0 Å². The normalized spacial score (nSPS) is 12.2. The Kier molecular flexibility index (Phi) is 8.59. The summed E-state index contributed by atoms with van der Waals surface area (Å²) in [4.78, 5) is 26.8. The van der Waals surface area contributed by atoms with Crippen molar-refractivity contribution in [2.45, 2.75) is 19.5 Å². The zero-order valence-corrected chi connectivity index (χ0v) is 20.2. The van der Waals surface area contributed by atoms with Gasteiger partial charge >= 0.3 is 0 Å². The van der Waals surface area contributed by atoms with Crippen LogP contribution in [0.5, 0.6) is 0 Å².